The molecular formula is C64H84Br4O8. The van der Waals surface area contributed by atoms with Crippen molar-refractivity contribution in [1.82, 2.24) is 0 Å². The van der Waals surface area contributed by atoms with Crippen LogP contribution in [0.3, 0.4) is 0 Å². The summed E-state index contributed by atoms with van der Waals surface area (Å²) in [5.41, 5.74) is 13.7. The zero-order valence-electron chi connectivity index (χ0n) is 46.0. The van der Waals surface area contributed by atoms with Crippen LogP contribution in [0, 0.1) is 0 Å². The third-order valence-corrected chi connectivity index (χ3v) is 19.3. The lowest BCUT2D eigenvalue weighted by molar-refractivity contribution is 0.0954. The zero-order chi connectivity index (χ0) is 53.0. The first kappa shape index (κ1) is 57.9. The Balaban J connectivity index is 1.42. The molecule has 0 fully saturated rings. The van der Waals surface area contributed by atoms with E-state index in [9.17, 15) is 0 Å². The van der Waals surface area contributed by atoms with Gasteiger partial charge in [-0.3, -0.25) is 0 Å². The number of hydrogen-bond acceptors (Lipinski definition) is 8. The molecule has 0 N–H and O–H groups in total. The van der Waals surface area contributed by atoms with E-state index < -0.39 is 0 Å². The minimum Gasteiger partial charge on any atom is -0.457 e. The van der Waals surface area contributed by atoms with Gasteiger partial charge in [0.25, 0.3) is 0 Å². The van der Waals surface area contributed by atoms with Crippen LogP contribution >= 0.6 is 63.7 Å². The van der Waals surface area contributed by atoms with E-state index in [1.165, 1.54) is 122 Å². The van der Waals surface area contributed by atoms with Crippen molar-refractivity contribution < 1.29 is 37.9 Å². The van der Waals surface area contributed by atoms with Crippen molar-refractivity contribution in [1.29, 1.82) is 0 Å². The zero-order valence-corrected chi connectivity index (χ0v) is 52.4. The summed E-state index contributed by atoms with van der Waals surface area (Å²) >= 11 is 16.2. The van der Waals surface area contributed by atoms with E-state index in [-0.39, 0.29) is 50.8 Å². The lowest BCUT2D eigenvalue weighted by Crippen LogP contribution is -2.25. The Labute approximate surface area is 489 Å². The molecule has 4 heterocycles. The van der Waals surface area contributed by atoms with E-state index in [0.29, 0.717) is 21.3 Å². The van der Waals surface area contributed by atoms with Gasteiger partial charge in [-0.25, -0.2) is 0 Å². The predicted octanol–water partition coefficient (Wildman–Crippen LogP) is 20.5. The van der Waals surface area contributed by atoms with Crippen LogP contribution in [0.15, 0.2) is 24.3 Å². The van der Waals surface area contributed by atoms with Gasteiger partial charge in [0.15, 0.2) is 0 Å². The summed E-state index contributed by atoms with van der Waals surface area (Å²) in [6.45, 7) is 9.37. The number of alkyl halides is 4. The molecule has 5 aliphatic rings. The third-order valence-electron chi connectivity index (χ3n) is 17.1. The first-order valence-corrected chi connectivity index (χ1v) is 34.0. The van der Waals surface area contributed by atoms with Gasteiger partial charge in [0.2, 0.25) is 27.2 Å². The molecule has 4 aliphatic heterocycles. The van der Waals surface area contributed by atoms with Crippen molar-refractivity contribution in [2.24, 2.45) is 0 Å². The smallest absolute Gasteiger partial charge is 0.230 e. The van der Waals surface area contributed by atoms with E-state index in [1.54, 1.807) is 0 Å². The minimum atomic E-state index is -0.0414. The first-order valence-electron chi connectivity index (χ1n) is 29.5. The van der Waals surface area contributed by atoms with Crippen molar-refractivity contribution in [3.8, 4) is 46.0 Å². The molecule has 0 saturated carbocycles. The number of unbranched alkanes of at least 4 members (excludes halogenated alkanes) is 16. The van der Waals surface area contributed by atoms with Gasteiger partial charge in [-0.05, 0) is 49.9 Å². The summed E-state index contributed by atoms with van der Waals surface area (Å²) in [6, 6.07) is 10.1. The van der Waals surface area contributed by atoms with E-state index in [4.69, 9.17) is 37.9 Å². The Bertz CT molecular complexity index is 2110. The van der Waals surface area contributed by atoms with Gasteiger partial charge in [-0.1, -0.05) is 220 Å². The number of rotatable bonds is 28. The lowest BCUT2D eigenvalue weighted by atomic mass is 9.74. The molecule has 0 saturated heterocycles. The average Bonchev–Trinajstić information content (AvgIpc) is 3.41. The Morgan fingerprint density at radius 2 is 0.447 bits per heavy atom. The van der Waals surface area contributed by atoms with Crippen LogP contribution in [0.2, 0.25) is 0 Å². The highest BCUT2D eigenvalue weighted by Gasteiger charge is 2.41. The maximum atomic E-state index is 7.01. The number of benzene rings is 4. The van der Waals surface area contributed by atoms with E-state index in [0.717, 1.165) is 145 Å². The van der Waals surface area contributed by atoms with Crippen LogP contribution in [0.5, 0.6) is 46.0 Å². The van der Waals surface area contributed by atoms with Gasteiger partial charge in [-0.2, -0.15) is 0 Å². The highest BCUT2D eigenvalue weighted by molar-refractivity contribution is 9.09. The maximum absolute atomic E-state index is 7.01. The van der Waals surface area contributed by atoms with E-state index in [2.05, 4.69) is 116 Å². The highest BCUT2D eigenvalue weighted by Crippen LogP contribution is 2.59. The molecule has 4 aromatic rings. The fourth-order valence-electron chi connectivity index (χ4n) is 13.2. The number of hydrogen-bond donors (Lipinski definition) is 0. The standard InChI is InChI=1S/C64H84Br4O8/c1-5-9-13-17-21-25-41-45-29-47-42(26-22-18-14-10-6-2)49-31-51-44(28-24-20-16-12-8-4)52-32-50-43(27-23-19-15-11-7-3)48-30-46(41)58-54(34-66)60(48)72-39-74-62(50)56(36-68)64(52)76-40-75-63(51)55(35-67)61(49)73-38-71-59(47)53(33-65)57(45)69-37-70-58/h29-32,41-44H,5-28,33-40H2,1-4H3. The largest absolute Gasteiger partial charge is 0.457 e. The topological polar surface area (TPSA) is 73.8 Å². The SMILES string of the molecule is CCCCCCCC1c2cc3c4c(CBr)c2OCOc2c1cc1c(c2CBr)OCOc2c(cc5c(c2CBr)OCOc2c(cc(c(c2CBr)OCO4)C3CCCCCCC)C5CCCCCCC)C1CCCCCCC. The Morgan fingerprint density at radius 3 is 0.605 bits per heavy atom. The second-order valence-corrected chi connectivity index (χ2v) is 24.2. The molecule has 0 radical (unpaired) electrons. The molecule has 0 spiro atoms. The predicted molar refractivity (Wildman–Crippen MR) is 322 cm³/mol. The van der Waals surface area contributed by atoms with Crippen LogP contribution in [0.1, 0.15) is 272 Å². The van der Waals surface area contributed by atoms with Crippen molar-refractivity contribution in [3.63, 3.8) is 0 Å². The monoisotopic (exact) mass is 1300 g/mol. The van der Waals surface area contributed by atoms with Crippen LogP contribution in [0.4, 0.5) is 0 Å². The summed E-state index contributed by atoms with van der Waals surface area (Å²) in [7, 11) is 0. The van der Waals surface area contributed by atoms with E-state index >= 15 is 0 Å². The highest BCUT2D eigenvalue weighted by atomic mass is 79.9. The molecule has 416 valence electrons. The minimum absolute atomic E-state index is 0.0414. The molecule has 0 unspecified atom stereocenters. The van der Waals surface area contributed by atoms with Crippen LogP contribution < -0.4 is 37.9 Å². The molecule has 0 aromatic heterocycles. The Morgan fingerprint density at radius 1 is 0.276 bits per heavy atom. The van der Waals surface area contributed by atoms with Crippen LogP contribution in [0.25, 0.3) is 0 Å². The van der Waals surface area contributed by atoms with Gasteiger partial charge in [0.05, 0.1) is 0 Å². The lowest BCUT2D eigenvalue weighted by Gasteiger charge is -2.37. The summed E-state index contributed by atoms with van der Waals surface area (Å²) in [4.78, 5) is 0. The first-order chi connectivity index (χ1) is 37.5. The quantitative estimate of drug-likeness (QED) is 0.0411. The molecule has 9 rings (SSSR count). The van der Waals surface area contributed by atoms with Crippen molar-refractivity contribution in [2.75, 3.05) is 27.2 Å². The van der Waals surface area contributed by atoms with Gasteiger partial charge >= 0.3 is 0 Å². The molecule has 76 heavy (non-hydrogen) atoms. The van der Waals surface area contributed by atoms with E-state index in [1.807, 2.05) is 0 Å². The van der Waals surface area contributed by atoms with Gasteiger partial charge in [0.1, 0.15) is 46.0 Å². The molecular weight excluding hydrogens is 1220 g/mol. The summed E-state index contributed by atoms with van der Waals surface area (Å²) < 4.78 is 56.1. The Kier molecular flexibility index (Phi) is 21.8. The average molecular weight is 1300 g/mol. The molecule has 4 aromatic carbocycles. The van der Waals surface area contributed by atoms with Gasteiger partial charge in [0, 0.05) is 112 Å². The molecule has 8 bridgehead atoms. The van der Waals surface area contributed by atoms with Crippen molar-refractivity contribution >= 4 is 63.7 Å². The molecule has 1 aliphatic carbocycles. The number of ether oxygens (including phenoxy) is 8. The van der Waals surface area contributed by atoms with Crippen LogP contribution in [-0.4, -0.2) is 27.2 Å². The molecule has 8 nitrogen and oxygen atoms in total. The summed E-state index contributed by atoms with van der Waals surface area (Å²) in [5.74, 6) is 6.67. The number of halogens is 4. The third kappa shape index (κ3) is 12.3. The van der Waals surface area contributed by atoms with Gasteiger partial charge < -0.3 is 37.9 Å². The summed E-state index contributed by atoms with van der Waals surface area (Å²) in [5, 5.41) is 2.21. The molecule has 12 heteroatoms. The second kappa shape index (κ2) is 28.6. The Hall–Kier alpha value is -2.80. The molecule has 0 amide bonds. The molecule has 0 atom stereocenters. The van der Waals surface area contributed by atoms with Crippen molar-refractivity contribution in [3.05, 3.63) is 91.0 Å². The van der Waals surface area contributed by atoms with Crippen molar-refractivity contribution in [2.45, 2.75) is 227 Å². The summed E-state index contributed by atoms with van der Waals surface area (Å²) in [6.07, 6.45) is 27.3. The second-order valence-electron chi connectivity index (χ2n) is 21.9. The van der Waals surface area contributed by atoms with Gasteiger partial charge in [-0.15, -0.1) is 0 Å². The maximum Gasteiger partial charge on any atom is 0.230 e. The van der Waals surface area contributed by atoms with Crippen LogP contribution in [-0.2, 0) is 21.3 Å². The normalized spacial score (nSPS) is 18.5. The fraction of sp³-hybridized carbons (Fsp3) is 0.625. The fourth-order valence-corrected chi connectivity index (χ4v) is 15.3.